The number of pyridine rings is 1. The number of para-hydroxylation sites is 1. The zero-order valence-electron chi connectivity index (χ0n) is 17.6. The van der Waals surface area contributed by atoms with E-state index in [1.807, 2.05) is 0 Å². The first-order valence-corrected chi connectivity index (χ1v) is 11.1. The maximum Gasteiger partial charge on any atom is 0.339 e. The van der Waals surface area contributed by atoms with Crippen molar-refractivity contribution in [3.05, 3.63) is 87.1 Å². The molecular formula is C24H16Cl3N3O4. The van der Waals surface area contributed by atoms with Crippen molar-refractivity contribution in [2.24, 2.45) is 7.05 Å². The molecule has 0 spiro atoms. The van der Waals surface area contributed by atoms with Crippen molar-refractivity contribution >= 4 is 63.5 Å². The number of fused-ring (bicyclic) bond motifs is 1. The van der Waals surface area contributed by atoms with Crippen LogP contribution < -0.4 is 5.32 Å². The maximum absolute atomic E-state index is 12.9. The molecule has 4 rings (SSSR count). The summed E-state index contributed by atoms with van der Waals surface area (Å²) in [5.41, 5.74) is 1.82. The van der Waals surface area contributed by atoms with Crippen LogP contribution in [0.15, 0.2) is 60.8 Å². The molecule has 2 amide bonds. The molecule has 0 radical (unpaired) electrons. The Kier molecular flexibility index (Phi) is 6.88. The zero-order valence-corrected chi connectivity index (χ0v) is 19.9. The standard InChI is InChI=1S/C24H16Cl3N3O4/c1-30-10-4-7-19(30)23(32)29-20(31)12-34-24(33)15-11-18(28-17-6-3-2-5-13(15)17)14-8-9-16(25)22(27)21(14)26/h2-11H,12H2,1H3,(H,29,31,32). The van der Waals surface area contributed by atoms with Gasteiger partial charge in [-0.05, 0) is 36.4 Å². The number of imide groups is 1. The van der Waals surface area contributed by atoms with Crippen molar-refractivity contribution in [1.29, 1.82) is 0 Å². The van der Waals surface area contributed by atoms with Crippen LogP contribution in [-0.4, -0.2) is 33.9 Å². The van der Waals surface area contributed by atoms with Crippen LogP contribution in [0.4, 0.5) is 0 Å². The van der Waals surface area contributed by atoms with Crippen LogP contribution in [0.5, 0.6) is 0 Å². The van der Waals surface area contributed by atoms with Gasteiger partial charge in [-0.25, -0.2) is 9.78 Å². The van der Waals surface area contributed by atoms with Crippen LogP contribution in [-0.2, 0) is 16.6 Å². The molecule has 10 heteroatoms. The molecule has 2 heterocycles. The number of hydrogen-bond acceptors (Lipinski definition) is 5. The summed E-state index contributed by atoms with van der Waals surface area (Å²) in [6.07, 6.45) is 1.67. The fourth-order valence-corrected chi connectivity index (χ4v) is 3.97. The first-order valence-electron chi connectivity index (χ1n) is 9.92. The van der Waals surface area contributed by atoms with Crippen molar-refractivity contribution in [2.45, 2.75) is 0 Å². The van der Waals surface area contributed by atoms with Gasteiger partial charge in [0.05, 0.1) is 31.8 Å². The zero-order chi connectivity index (χ0) is 24.4. The normalized spacial score (nSPS) is 10.8. The smallest absolute Gasteiger partial charge is 0.339 e. The highest BCUT2D eigenvalue weighted by Crippen LogP contribution is 2.38. The maximum atomic E-state index is 12.9. The largest absolute Gasteiger partial charge is 0.452 e. The van der Waals surface area contributed by atoms with Crippen molar-refractivity contribution in [3.8, 4) is 11.3 Å². The fourth-order valence-electron chi connectivity index (χ4n) is 3.34. The van der Waals surface area contributed by atoms with E-state index in [9.17, 15) is 14.4 Å². The van der Waals surface area contributed by atoms with Crippen LogP contribution in [0, 0.1) is 0 Å². The first kappa shape index (κ1) is 23.8. The van der Waals surface area contributed by atoms with Gasteiger partial charge in [0, 0.05) is 24.2 Å². The summed E-state index contributed by atoms with van der Waals surface area (Å²) in [4.78, 5) is 41.9. The highest BCUT2D eigenvalue weighted by molar-refractivity contribution is 6.49. The topological polar surface area (TPSA) is 90.3 Å². The van der Waals surface area contributed by atoms with E-state index < -0.39 is 24.4 Å². The average Bonchev–Trinajstić information content (AvgIpc) is 3.26. The van der Waals surface area contributed by atoms with Crippen LogP contribution in [0.2, 0.25) is 15.1 Å². The van der Waals surface area contributed by atoms with Crippen LogP contribution in [0.3, 0.4) is 0 Å². The molecule has 0 unspecified atom stereocenters. The van der Waals surface area contributed by atoms with Gasteiger partial charge in [0.15, 0.2) is 6.61 Å². The van der Waals surface area contributed by atoms with Crippen molar-refractivity contribution in [2.75, 3.05) is 6.61 Å². The van der Waals surface area contributed by atoms with Crippen LogP contribution >= 0.6 is 34.8 Å². The number of ether oxygens (including phenoxy) is 1. The molecule has 0 fully saturated rings. The van der Waals surface area contributed by atoms with Gasteiger partial charge in [-0.2, -0.15) is 0 Å². The second-order valence-corrected chi connectivity index (χ2v) is 8.42. The SMILES string of the molecule is Cn1cccc1C(=O)NC(=O)COC(=O)c1cc(-c2ccc(Cl)c(Cl)c2Cl)nc2ccccc12. The van der Waals surface area contributed by atoms with E-state index in [1.54, 1.807) is 66.3 Å². The Morgan fingerprint density at radius 2 is 1.76 bits per heavy atom. The molecule has 2 aromatic heterocycles. The summed E-state index contributed by atoms with van der Waals surface area (Å²) < 4.78 is 6.76. The van der Waals surface area contributed by atoms with Crippen molar-refractivity contribution in [1.82, 2.24) is 14.9 Å². The quantitative estimate of drug-likeness (QED) is 0.287. The summed E-state index contributed by atoms with van der Waals surface area (Å²) in [6, 6.07) is 14.9. The summed E-state index contributed by atoms with van der Waals surface area (Å²) in [7, 11) is 1.67. The van der Waals surface area contributed by atoms with Gasteiger partial charge >= 0.3 is 5.97 Å². The van der Waals surface area contributed by atoms with Gasteiger partial charge in [-0.1, -0.05) is 53.0 Å². The van der Waals surface area contributed by atoms with E-state index in [0.717, 1.165) is 0 Å². The number of aromatic nitrogens is 2. The number of esters is 1. The van der Waals surface area contributed by atoms with Crippen LogP contribution in [0.25, 0.3) is 22.2 Å². The average molecular weight is 517 g/mol. The number of carbonyl (C=O) groups excluding carboxylic acids is 3. The lowest BCUT2D eigenvalue weighted by Crippen LogP contribution is -2.35. The number of nitrogens with zero attached hydrogens (tertiary/aromatic N) is 2. The lowest BCUT2D eigenvalue weighted by Gasteiger charge is -2.12. The Hall–Kier alpha value is -3.39. The Labute approximate surface area is 209 Å². The molecule has 0 atom stereocenters. The van der Waals surface area contributed by atoms with E-state index in [4.69, 9.17) is 39.5 Å². The predicted octanol–water partition coefficient (Wildman–Crippen LogP) is 5.31. The third kappa shape index (κ3) is 4.77. The third-order valence-electron chi connectivity index (χ3n) is 5.01. The van der Waals surface area contributed by atoms with Crippen molar-refractivity contribution in [3.63, 3.8) is 0 Å². The summed E-state index contributed by atoms with van der Waals surface area (Å²) in [5, 5.41) is 3.35. The molecular weight excluding hydrogens is 501 g/mol. The molecule has 0 saturated carbocycles. The van der Waals surface area contributed by atoms with Gasteiger partial charge in [-0.3, -0.25) is 14.9 Å². The molecule has 34 heavy (non-hydrogen) atoms. The molecule has 0 bridgehead atoms. The monoisotopic (exact) mass is 515 g/mol. The van der Waals surface area contributed by atoms with Crippen LogP contribution in [0.1, 0.15) is 20.8 Å². The number of hydrogen-bond donors (Lipinski definition) is 1. The predicted molar refractivity (Wildman–Crippen MR) is 130 cm³/mol. The van der Waals surface area contributed by atoms with Gasteiger partial charge < -0.3 is 9.30 Å². The Balaban J connectivity index is 1.59. The number of halogens is 3. The summed E-state index contributed by atoms with van der Waals surface area (Å²) >= 11 is 18.6. The molecule has 1 N–H and O–H groups in total. The van der Waals surface area contributed by atoms with E-state index in [0.29, 0.717) is 27.9 Å². The van der Waals surface area contributed by atoms with Gasteiger partial charge in [0.2, 0.25) is 0 Å². The number of rotatable bonds is 5. The second-order valence-electron chi connectivity index (χ2n) is 7.25. The van der Waals surface area contributed by atoms with E-state index in [-0.39, 0.29) is 20.6 Å². The Morgan fingerprint density at radius 1 is 1.00 bits per heavy atom. The van der Waals surface area contributed by atoms with Gasteiger partial charge in [-0.15, -0.1) is 0 Å². The van der Waals surface area contributed by atoms with E-state index in [1.165, 1.54) is 6.07 Å². The minimum atomic E-state index is -0.766. The Morgan fingerprint density at radius 3 is 2.50 bits per heavy atom. The minimum Gasteiger partial charge on any atom is -0.452 e. The third-order valence-corrected chi connectivity index (χ3v) is 6.30. The second kappa shape index (κ2) is 9.85. The molecule has 7 nitrogen and oxygen atoms in total. The molecule has 0 aliphatic rings. The van der Waals surface area contributed by atoms with Gasteiger partial charge in [0.1, 0.15) is 5.69 Å². The molecule has 0 aliphatic heterocycles. The van der Waals surface area contributed by atoms with E-state index >= 15 is 0 Å². The van der Waals surface area contributed by atoms with Gasteiger partial charge in [0.25, 0.3) is 11.8 Å². The molecule has 2 aromatic carbocycles. The lowest BCUT2D eigenvalue weighted by molar-refractivity contribution is -0.123. The number of benzene rings is 2. The molecule has 0 aliphatic carbocycles. The Bertz CT molecular complexity index is 1450. The fraction of sp³-hybridized carbons (Fsp3) is 0.0833. The highest BCUT2D eigenvalue weighted by atomic mass is 35.5. The van der Waals surface area contributed by atoms with E-state index in [2.05, 4.69) is 10.3 Å². The summed E-state index contributed by atoms with van der Waals surface area (Å²) in [5.74, 6) is -2.12. The number of amides is 2. The first-order chi connectivity index (χ1) is 16.3. The minimum absolute atomic E-state index is 0.166. The number of nitrogens with one attached hydrogen (secondary N) is 1. The number of aryl methyl sites for hydroxylation is 1. The highest BCUT2D eigenvalue weighted by Gasteiger charge is 2.20. The molecule has 0 saturated heterocycles. The van der Waals surface area contributed by atoms with Crippen molar-refractivity contribution < 1.29 is 19.1 Å². The lowest BCUT2D eigenvalue weighted by atomic mass is 10.0. The molecule has 4 aromatic rings. The summed E-state index contributed by atoms with van der Waals surface area (Å²) in [6.45, 7) is -0.644. The molecule has 172 valence electrons. The number of carbonyl (C=O) groups is 3.